The van der Waals surface area contributed by atoms with E-state index in [0.717, 1.165) is 17.1 Å². The number of aliphatic imine (C=N–C) groups is 1. The number of carbonyl (C=O) groups excluding carboxylic acids is 1. The van der Waals surface area contributed by atoms with Gasteiger partial charge in [0, 0.05) is 6.20 Å². The van der Waals surface area contributed by atoms with Gasteiger partial charge in [0.05, 0.1) is 19.5 Å². The lowest BCUT2D eigenvalue weighted by atomic mass is 10.1. The smallest absolute Gasteiger partial charge is 0.386 e. The average molecular weight is 713 g/mol. The van der Waals surface area contributed by atoms with Gasteiger partial charge in [0.2, 0.25) is 0 Å². The number of ether oxygens (including phenoxy) is 2. The maximum atomic E-state index is 16.0. The summed E-state index contributed by atoms with van der Waals surface area (Å²) in [6, 6.07) is 0. The maximum absolute atomic E-state index is 16.0. The molecule has 6 rings (SSSR count). The Hall–Kier alpha value is -2.46. The van der Waals surface area contributed by atoms with Gasteiger partial charge in [-0.2, -0.15) is 0 Å². The molecule has 1 amide bonds. The van der Waals surface area contributed by atoms with Crippen molar-refractivity contribution in [2.45, 2.75) is 49.1 Å². The van der Waals surface area contributed by atoms with Crippen molar-refractivity contribution in [2.24, 2.45) is 10.7 Å². The quantitative estimate of drug-likeness (QED) is 0.144. The molecule has 6 N–H and O–H groups in total. The van der Waals surface area contributed by atoms with E-state index in [9.17, 15) is 23.7 Å². The molecular weight excluding hydrogens is 688 g/mol. The lowest BCUT2D eigenvalue weighted by Gasteiger charge is -2.27. The fourth-order valence-electron chi connectivity index (χ4n) is 5.20. The van der Waals surface area contributed by atoms with Crippen LogP contribution in [0.1, 0.15) is 22.8 Å². The summed E-state index contributed by atoms with van der Waals surface area (Å²) in [5.74, 6) is -2.63. The summed E-state index contributed by atoms with van der Waals surface area (Å²) in [7, 11) is 0. The number of hydrogen-bond acceptors (Lipinski definition) is 15. The molecule has 10 atom stereocenters. The van der Waals surface area contributed by atoms with Gasteiger partial charge in [0.1, 0.15) is 53.7 Å². The second-order valence-corrected chi connectivity index (χ2v) is 15.6. The van der Waals surface area contributed by atoms with Gasteiger partial charge in [-0.05, 0) is 18.5 Å². The molecule has 18 nitrogen and oxygen atoms in total. The number of nitrogens with two attached hydrogens (primary N) is 2. The molecule has 3 saturated heterocycles. The van der Waals surface area contributed by atoms with Gasteiger partial charge < -0.3 is 40.0 Å². The monoisotopic (exact) mass is 712 g/mol. The summed E-state index contributed by atoms with van der Waals surface area (Å²) >= 11 is 9.10. The van der Waals surface area contributed by atoms with Crippen LogP contribution in [0.2, 0.25) is 0 Å². The number of aromatic nitrogens is 5. The molecule has 3 fully saturated rings. The number of nitrogens with zero attached hydrogens (tertiary/aromatic N) is 6. The van der Waals surface area contributed by atoms with E-state index in [2.05, 4.69) is 38.9 Å². The Morgan fingerprint density at radius 3 is 2.58 bits per heavy atom. The number of nitrogen functional groups attached to an aromatic ring is 1. The molecule has 3 aromatic heterocycles. The number of primary amides is 1. The minimum Gasteiger partial charge on any atom is -0.387 e. The zero-order chi connectivity index (χ0) is 32.4. The number of thiol groups is 1. The molecule has 24 heteroatoms. The van der Waals surface area contributed by atoms with Gasteiger partial charge in [-0.3, -0.25) is 22.9 Å². The Bertz CT molecular complexity index is 1770. The lowest BCUT2D eigenvalue weighted by molar-refractivity contribution is -0.0589. The number of imidazole rings is 1. The number of carbonyl (C=O) groups is 1. The Labute approximate surface area is 261 Å². The Morgan fingerprint density at radius 1 is 1.16 bits per heavy atom. The van der Waals surface area contributed by atoms with Gasteiger partial charge >= 0.3 is 13.5 Å². The first-order valence-corrected chi connectivity index (χ1v) is 18.0. The standard InChI is InChI=1S/C21H24F2N8O10P2S2/c1-26-18-10(17(25)33)7(22)2-30(18)21-15-13(32)8(38-21)3-36-42(34,44)40-14-9(4-37-43(35,45)41-15)39-20(11(14)23)31-6-29-12-16(24)27-5-28-19(12)31/h2,5-6,8-9,11,13-15,20-21,32H,1,3-4H2,(H2,25,33)(H,34,44)(H,35,45)(H2,24,27,28)/t8-,9-,11-,13-,14-,15-,20-,21-,42?,43?/m1/s1. The van der Waals surface area contributed by atoms with E-state index in [0.29, 0.717) is 0 Å². The van der Waals surface area contributed by atoms with E-state index >= 15 is 4.39 Å². The van der Waals surface area contributed by atoms with Crippen molar-refractivity contribution in [3.05, 3.63) is 30.2 Å². The van der Waals surface area contributed by atoms with Crippen LogP contribution in [0.4, 0.5) is 20.4 Å². The highest BCUT2D eigenvalue weighted by Crippen LogP contribution is 2.58. The molecule has 0 radical (unpaired) electrons. The molecule has 45 heavy (non-hydrogen) atoms. The van der Waals surface area contributed by atoms with Gasteiger partial charge in [0.25, 0.3) is 5.91 Å². The molecule has 0 saturated carbocycles. The molecule has 0 spiro atoms. The van der Waals surface area contributed by atoms with Crippen LogP contribution in [0.25, 0.3) is 11.2 Å². The van der Waals surface area contributed by atoms with Gasteiger partial charge in [-0.25, -0.2) is 33.3 Å². The summed E-state index contributed by atoms with van der Waals surface area (Å²) in [6.45, 7) is -6.88. The first-order chi connectivity index (χ1) is 21.2. The minimum absolute atomic E-state index is 0.0311. The van der Waals surface area contributed by atoms with Gasteiger partial charge in [0.15, 0.2) is 35.9 Å². The highest BCUT2D eigenvalue weighted by molar-refractivity contribution is 8.44. The van der Waals surface area contributed by atoms with Crippen LogP contribution in [0, 0.1) is 5.82 Å². The molecule has 3 aliphatic rings. The predicted octanol–water partition coefficient (Wildman–Crippen LogP) is 1.05. The van der Waals surface area contributed by atoms with Crippen molar-refractivity contribution >= 4 is 73.0 Å². The number of fused-ring (bicyclic) bond motifs is 4. The molecule has 244 valence electrons. The van der Waals surface area contributed by atoms with E-state index in [1.807, 2.05) is 0 Å². The second kappa shape index (κ2) is 12.0. The first kappa shape index (κ1) is 32.5. The number of rotatable bonds is 4. The third-order valence-corrected chi connectivity index (χ3v) is 10.4. The zero-order valence-corrected chi connectivity index (χ0v) is 26.0. The van der Waals surface area contributed by atoms with Crippen LogP contribution in [0.15, 0.2) is 23.8 Å². The summed E-state index contributed by atoms with van der Waals surface area (Å²) < 4.78 is 79.8. The predicted molar refractivity (Wildman–Crippen MR) is 155 cm³/mol. The number of amides is 1. The third-order valence-electron chi connectivity index (χ3n) is 7.18. The Kier molecular flexibility index (Phi) is 8.64. The van der Waals surface area contributed by atoms with E-state index < -0.39 is 93.2 Å². The Balaban J connectivity index is 1.32. The van der Waals surface area contributed by atoms with E-state index in [-0.39, 0.29) is 22.8 Å². The second-order valence-electron chi connectivity index (χ2n) is 9.92. The van der Waals surface area contributed by atoms with Crippen LogP contribution in [-0.4, -0.2) is 96.6 Å². The SMILES string of the molecule is C=Nc1c(C(N)=O)c(F)cn1[C@@H]1O[C@@H]2COP(O)(=S)O[C@H]3[C@@H](F)[C@H](n4cnc5c(N)ncnc54)O[C@@H]3COP(=O)(S)O[C@@H]1[C@@H]2O. The van der Waals surface area contributed by atoms with Crippen molar-refractivity contribution in [1.29, 1.82) is 0 Å². The van der Waals surface area contributed by atoms with E-state index in [4.69, 9.17) is 50.8 Å². The minimum atomic E-state index is -4.49. The lowest BCUT2D eigenvalue weighted by Crippen LogP contribution is -2.35. The van der Waals surface area contributed by atoms with Crippen LogP contribution < -0.4 is 11.5 Å². The maximum Gasteiger partial charge on any atom is 0.386 e. The molecule has 3 aromatic rings. The number of aliphatic hydroxyl groups is 1. The van der Waals surface area contributed by atoms with E-state index in [1.165, 1.54) is 10.9 Å². The molecule has 2 bridgehead atoms. The van der Waals surface area contributed by atoms with Gasteiger partial charge in [-0.15, -0.1) is 0 Å². The highest BCUT2D eigenvalue weighted by atomic mass is 32.7. The number of anilines is 1. The van der Waals surface area contributed by atoms with Crippen molar-refractivity contribution in [1.82, 2.24) is 24.1 Å². The third kappa shape index (κ3) is 5.94. The summed E-state index contributed by atoms with van der Waals surface area (Å²) in [4.78, 5) is 38.4. The fourth-order valence-corrected chi connectivity index (χ4v) is 8.09. The Morgan fingerprint density at radius 2 is 1.87 bits per heavy atom. The molecule has 3 aliphatic heterocycles. The zero-order valence-electron chi connectivity index (χ0n) is 22.5. The first-order valence-electron chi connectivity index (χ1n) is 12.8. The van der Waals surface area contributed by atoms with Crippen molar-refractivity contribution < 1.29 is 55.7 Å². The topological polar surface area (TPSA) is 243 Å². The number of aliphatic hydroxyl groups excluding tert-OH is 1. The molecule has 0 aliphatic carbocycles. The van der Waals surface area contributed by atoms with Crippen molar-refractivity contribution in [3.63, 3.8) is 0 Å². The summed E-state index contributed by atoms with van der Waals surface area (Å²) in [5, 5.41) is 11.1. The van der Waals surface area contributed by atoms with Crippen LogP contribution in [0.5, 0.6) is 0 Å². The van der Waals surface area contributed by atoms with Crippen LogP contribution in [-0.2, 0) is 43.9 Å². The molecule has 0 aromatic carbocycles. The number of alkyl halides is 1. The molecule has 6 heterocycles. The highest BCUT2D eigenvalue weighted by Gasteiger charge is 2.53. The van der Waals surface area contributed by atoms with Crippen LogP contribution in [0.3, 0.4) is 0 Å². The summed E-state index contributed by atoms with van der Waals surface area (Å²) in [6.07, 6.45) is -9.72. The van der Waals surface area contributed by atoms with Gasteiger partial charge in [-0.1, -0.05) is 12.2 Å². The average Bonchev–Trinajstić information content (AvgIpc) is 3.70. The van der Waals surface area contributed by atoms with Crippen molar-refractivity contribution in [3.8, 4) is 0 Å². The van der Waals surface area contributed by atoms with Crippen LogP contribution >= 0.6 is 25.8 Å². The fraction of sp³-hybridized carbons (Fsp3) is 0.476. The van der Waals surface area contributed by atoms with E-state index in [1.54, 1.807) is 0 Å². The van der Waals surface area contributed by atoms with Crippen molar-refractivity contribution in [2.75, 3.05) is 18.9 Å². The molecular formula is C21H24F2N8O10P2S2. The molecule has 2 unspecified atom stereocenters. The normalized spacial score (nSPS) is 37.4. The largest absolute Gasteiger partial charge is 0.387 e. The summed E-state index contributed by atoms with van der Waals surface area (Å²) in [5.41, 5.74) is 10.8. The number of hydrogen-bond donors (Lipinski definition) is 5. The number of halogens is 2.